The summed E-state index contributed by atoms with van der Waals surface area (Å²) in [5.74, 6) is 1.59. The predicted octanol–water partition coefficient (Wildman–Crippen LogP) is 7.89. The van der Waals surface area contributed by atoms with Gasteiger partial charge in [0.05, 0.1) is 20.3 Å². The summed E-state index contributed by atoms with van der Waals surface area (Å²) < 4.78 is 11.2. The van der Waals surface area contributed by atoms with Gasteiger partial charge in [0.25, 0.3) is 0 Å². The number of unbranched alkanes of at least 4 members (excludes halogenated alkanes) is 3. The molecular weight excluding hydrogens is 382 g/mol. The largest absolute Gasteiger partial charge is 0.493 e. The van der Waals surface area contributed by atoms with Crippen LogP contribution in [0.5, 0.6) is 11.5 Å². The lowest BCUT2D eigenvalue weighted by Gasteiger charge is -2.39. The molecule has 2 aromatic carbocycles. The maximum atomic E-state index is 5.65. The Morgan fingerprint density at radius 2 is 1.55 bits per heavy atom. The monoisotopic (exact) mass is 421 g/mol. The van der Waals surface area contributed by atoms with Gasteiger partial charge in [-0.05, 0) is 65.8 Å². The highest BCUT2D eigenvalue weighted by atomic mass is 16.5. The predicted molar refractivity (Wildman–Crippen MR) is 132 cm³/mol. The van der Waals surface area contributed by atoms with E-state index in [0.29, 0.717) is 0 Å². The molecule has 0 saturated carbocycles. The molecule has 31 heavy (non-hydrogen) atoms. The summed E-state index contributed by atoms with van der Waals surface area (Å²) in [4.78, 5) is 2.51. The van der Waals surface area contributed by atoms with Crippen molar-refractivity contribution < 1.29 is 9.47 Å². The molecule has 1 heterocycles. The van der Waals surface area contributed by atoms with Crippen LogP contribution in [0.25, 0.3) is 6.08 Å². The number of anilines is 1. The Balaban J connectivity index is 2.03. The number of allylic oxidation sites excluding steroid dienone is 1. The van der Waals surface area contributed by atoms with E-state index < -0.39 is 0 Å². The molecule has 0 aliphatic carbocycles. The number of fused-ring (bicyclic) bond motifs is 1. The van der Waals surface area contributed by atoms with E-state index >= 15 is 0 Å². The smallest absolute Gasteiger partial charge is 0.161 e. The molecule has 168 valence electrons. The summed E-state index contributed by atoms with van der Waals surface area (Å²) in [6.45, 7) is 11.3. The number of benzene rings is 2. The van der Waals surface area contributed by atoms with Crippen molar-refractivity contribution in [3.05, 3.63) is 58.8 Å². The zero-order valence-electron chi connectivity index (χ0n) is 20.4. The highest BCUT2D eigenvalue weighted by molar-refractivity contribution is 5.72. The molecular formula is C28H39NO2. The van der Waals surface area contributed by atoms with Gasteiger partial charge in [0.15, 0.2) is 11.5 Å². The molecule has 0 fully saturated rings. The SMILES string of the molecule is CCCCCCC1c2cc(OC)c(OC)cc2C=C(C)N1c1ccc(C(C)(C)C)cc1. The van der Waals surface area contributed by atoms with Gasteiger partial charge in [0.2, 0.25) is 0 Å². The zero-order valence-corrected chi connectivity index (χ0v) is 20.4. The van der Waals surface area contributed by atoms with E-state index in [4.69, 9.17) is 9.47 Å². The number of rotatable bonds is 8. The first-order chi connectivity index (χ1) is 14.8. The van der Waals surface area contributed by atoms with E-state index in [0.717, 1.165) is 17.9 Å². The Morgan fingerprint density at radius 1 is 0.903 bits per heavy atom. The number of hydrogen-bond donors (Lipinski definition) is 0. The van der Waals surface area contributed by atoms with E-state index in [1.807, 2.05) is 0 Å². The van der Waals surface area contributed by atoms with Crippen molar-refractivity contribution in [3.8, 4) is 11.5 Å². The van der Waals surface area contributed by atoms with E-state index in [1.54, 1.807) is 14.2 Å². The van der Waals surface area contributed by atoms with Crippen LogP contribution in [0.1, 0.15) is 89.5 Å². The van der Waals surface area contributed by atoms with Crippen molar-refractivity contribution in [3.63, 3.8) is 0 Å². The minimum Gasteiger partial charge on any atom is -0.493 e. The standard InChI is InChI=1S/C28H39NO2/c1-8-9-10-11-12-25-24-19-27(31-7)26(30-6)18-21(24)17-20(2)29(25)23-15-13-22(14-16-23)28(3,4)5/h13-19,25H,8-12H2,1-7H3. The van der Waals surface area contributed by atoms with Crippen molar-refractivity contribution in [1.82, 2.24) is 0 Å². The molecule has 0 bridgehead atoms. The second-order valence-electron chi connectivity index (χ2n) is 9.65. The molecule has 1 atom stereocenters. The second kappa shape index (κ2) is 9.80. The molecule has 1 aliphatic heterocycles. The van der Waals surface area contributed by atoms with Gasteiger partial charge in [0.1, 0.15) is 0 Å². The lowest BCUT2D eigenvalue weighted by atomic mass is 9.86. The molecule has 0 saturated heterocycles. The second-order valence-corrected chi connectivity index (χ2v) is 9.65. The van der Waals surface area contributed by atoms with E-state index in [1.165, 1.54) is 53.8 Å². The topological polar surface area (TPSA) is 21.7 Å². The molecule has 0 N–H and O–H groups in total. The summed E-state index contributed by atoms with van der Waals surface area (Å²) in [6.07, 6.45) is 8.43. The molecule has 0 amide bonds. The molecule has 3 heteroatoms. The third-order valence-electron chi connectivity index (χ3n) is 6.35. The van der Waals surface area contributed by atoms with Crippen molar-refractivity contribution in [2.75, 3.05) is 19.1 Å². The fourth-order valence-corrected chi connectivity index (χ4v) is 4.56. The van der Waals surface area contributed by atoms with Crippen molar-refractivity contribution >= 4 is 11.8 Å². The molecule has 3 rings (SSSR count). The van der Waals surface area contributed by atoms with Gasteiger partial charge in [-0.2, -0.15) is 0 Å². The molecule has 1 unspecified atom stereocenters. The van der Waals surface area contributed by atoms with Crippen LogP contribution < -0.4 is 14.4 Å². The highest BCUT2D eigenvalue weighted by Gasteiger charge is 2.29. The summed E-state index contributed by atoms with van der Waals surface area (Å²) in [6, 6.07) is 13.7. The lowest BCUT2D eigenvalue weighted by molar-refractivity contribution is 0.353. The molecule has 0 aromatic heterocycles. The highest BCUT2D eigenvalue weighted by Crippen LogP contribution is 2.44. The van der Waals surface area contributed by atoms with Gasteiger partial charge in [-0.25, -0.2) is 0 Å². The van der Waals surface area contributed by atoms with Crippen LogP contribution in [-0.2, 0) is 5.41 Å². The van der Waals surface area contributed by atoms with Crippen molar-refractivity contribution in [1.29, 1.82) is 0 Å². The third kappa shape index (κ3) is 5.08. The summed E-state index contributed by atoms with van der Waals surface area (Å²) in [7, 11) is 3.42. The van der Waals surface area contributed by atoms with Gasteiger partial charge in [-0.3, -0.25) is 0 Å². The third-order valence-corrected chi connectivity index (χ3v) is 6.35. The lowest BCUT2D eigenvalue weighted by Crippen LogP contribution is -2.30. The number of methoxy groups -OCH3 is 2. The maximum absolute atomic E-state index is 5.65. The average Bonchev–Trinajstić information content (AvgIpc) is 2.75. The van der Waals surface area contributed by atoms with Crippen LogP contribution in [0.15, 0.2) is 42.1 Å². The fraction of sp³-hybridized carbons (Fsp3) is 0.500. The average molecular weight is 422 g/mol. The number of nitrogens with zero attached hydrogens (tertiary/aromatic N) is 1. The summed E-state index contributed by atoms with van der Waals surface area (Å²) >= 11 is 0. The Kier molecular flexibility index (Phi) is 7.35. The first-order valence-corrected chi connectivity index (χ1v) is 11.6. The van der Waals surface area contributed by atoms with Crippen LogP contribution in [0, 0.1) is 0 Å². The first-order valence-electron chi connectivity index (χ1n) is 11.6. The molecule has 0 spiro atoms. The van der Waals surface area contributed by atoms with Gasteiger partial charge in [0, 0.05) is 11.4 Å². The van der Waals surface area contributed by atoms with Crippen LogP contribution >= 0.6 is 0 Å². The normalized spacial score (nSPS) is 16.0. The van der Waals surface area contributed by atoms with E-state index in [2.05, 4.69) is 82.0 Å². The molecule has 1 aliphatic rings. The van der Waals surface area contributed by atoms with Crippen LogP contribution in [0.3, 0.4) is 0 Å². The first kappa shape index (κ1) is 23.2. The zero-order chi connectivity index (χ0) is 22.6. The Labute approximate surface area is 189 Å². The van der Waals surface area contributed by atoms with Crippen molar-refractivity contribution in [2.45, 2.75) is 78.2 Å². The molecule has 0 radical (unpaired) electrons. The van der Waals surface area contributed by atoms with Gasteiger partial charge < -0.3 is 14.4 Å². The Bertz CT molecular complexity index is 906. The van der Waals surface area contributed by atoms with Crippen LogP contribution in [0.2, 0.25) is 0 Å². The molecule has 3 nitrogen and oxygen atoms in total. The Morgan fingerprint density at radius 3 is 2.13 bits per heavy atom. The van der Waals surface area contributed by atoms with Crippen LogP contribution in [-0.4, -0.2) is 14.2 Å². The van der Waals surface area contributed by atoms with Gasteiger partial charge >= 0.3 is 0 Å². The maximum Gasteiger partial charge on any atom is 0.161 e. The summed E-state index contributed by atoms with van der Waals surface area (Å²) in [5.41, 5.74) is 6.59. The quantitative estimate of drug-likeness (QED) is 0.404. The molecule has 2 aromatic rings. The van der Waals surface area contributed by atoms with Gasteiger partial charge in [-0.1, -0.05) is 65.5 Å². The minimum absolute atomic E-state index is 0.154. The van der Waals surface area contributed by atoms with Gasteiger partial charge in [-0.15, -0.1) is 0 Å². The van der Waals surface area contributed by atoms with E-state index in [-0.39, 0.29) is 11.5 Å². The van der Waals surface area contributed by atoms with Crippen molar-refractivity contribution in [2.24, 2.45) is 0 Å². The Hall–Kier alpha value is -2.42. The fourth-order valence-electron chi connectivity index (χ4n) is 4.56. The van der Waals surface area contributed by atoms with Crippen LogP contribution in [0.4, 0.5) is 5.69 Å². The minimum atomic E-state index is 0.154. The van der Waals surface area contributed by atoms with E-state index in [9.17, 15) is 0 Å². The number of ether oxygens (including phenoxy) is 2. The summed E-state index contributed by atoms with van der Waals surface area (Å²) in [5, 5.41) is 0. The number of hydrogen-bond acceptors (Lipinski definition) is 3.